The van der Waals surface area contributed by atoms with E-state index in [1.807, 2.05) is 36.4 Å². The Bertz CT molecular complexity index is 850. The molecule has 3 rings (SSSR count). The highest BCUT2D eigenvalue weighted by atomic mass is 19.1. The molecule has 0 spiro atoms. The lowest BCUT2D eigenvalue weighted by Gasteiger charge is -2.25. The minimum absolute atomic E-state index is 0.106. The average molecular weight is 350 g/mol. The highest BCUT2D eigenvalue weighted by Gasteiger charge is 2.18. The Hall–Kier alpha value is -2.85. The van der Waals surface area contributed by atoms with Gasteiger partial charge >= 0.3 is 0 Å². The number of methoxy groups -OCH3 is 1. The van der Waals surface area contributed by atoms with E-state index < -0.39 is 0 Å². The summed E-state index contributed by atoms with van der Waals surface area (Å²) in [5.41, 5.74) is 9.83. The zero-order valence-corrected chi connectivity index (χ0v) is 14.9. The molecule has 0 heterocycles. The summed E-state index contributed by atoms with van der Waals surface area (Å²) in [6.45, 7) is 2.11. The predicted octanol–water partition coefficient (Wildman–Crippen LogP) is 4.86. The number of nitrogen functional groups attached to an aromatic ring is 1. The zero-order chi connectivity index (χ0) is 18.5. The van der Waals surface area contributed by atoms with E-state index >= 15 is 0 Å². The molecule has 3 nitrogen and oxygen atoms in total. The molecule has 0 fully saturated rings. The maximum atomic E-state index is 13.4. The number of benzene rings is 3. The van der Waals surface area contributed by atoms with Gasteiger partial charge in [-0.1, -0.05) is 48.5 Å². The third kappa shape index (κ3) is 4.03. The molecule has 0 saturated heterocycles. The van der Waals surface area contributed by atoms with Gasteiger partial charge in [0.15, 0.2) is 0 Å². The highest BCUT2D eigenvalue weighted by Crippen LogP contribution is 2.31. The van der Waals surface area contributed by atoms with Crippen LogP contribution in [0.2, 0.25) is 0 Å². The lowest BCUT2D eigenvalue weighted by Crippen LogP contribution is -2.25. The summed E-state index contributed by atoms with van der Waals surface area (Å²) in [7, 11) is 1.60. The van der Waals surface area contributed by atoms with Crippen molar-refractivity contribution in [1.29, 1.82) is 0 Å². The number of anilines is 1. The number of ether oxygens (including phenoxy) is 1. The molecule has 0 aliphatic heterocycles. The maximum absolute atomic E-state index is 13.4. The Labute approximate surface area is 153 Å². The molecular formula is C22H23FN2O. The van der Waals surface area contributed by atoms with Gasteiger partial charge in [-0.15, -0.1) is 0 Å². The highest BCUT2D eigenvalue weighted by molar-refractivity contribution is 5.55. The number of nitrogens with two attached hydrogens (primary N) is 1. The minimum Gasteiger partial charge on any atom is -0.495 e. The van der Waals surface area contributed by atoms with Gasteiger partial charge < -0.3 is 10.5 Å². The van der Waals surface area contributed by atoms with Crippen LogP contribution in [0.25, 0.3) is 0 Å². The van der Waals surface area contributed by atoms with E-state index in [-0.39, 0.29) is 17.9 Å². The molecule has 0 bridgehead atoms. The fraction of sp³-hybridized carbons (Fsp3) is 0.182. The molecule has 0 amide bonds. The number of hydrogen-bond acceptors (Lipinski definition) is 3. The molecule has 3 aromatic carbocycles. The van der Waals surface area contributed by atoms with Crippen molar-refractivity contribution in [3.8, 4) is 5.75 Å². The van der Waals surface area contributed by atoms with Crippen LogP contribution in [0, 0.1) is 5.82 Å². The smallest absolute Gasteiger partial charge is 0.141 e. The molecule has 2 atom stereocenters. The van der Waals surface area contributed by atoms with Gasteiger partial charge in [-0.05, 0) is 47.9 Å². The third-order valence-corrected chi connectivity index (χ3v) is 4.51. The van der Waals surface area contributed by atoms with Crippen LogP contribution < -0.4 is 15.8 Å². The van der Waals surface area contributed by atoms with Gasteiger partial charge in [0.2, 0.25) is 0 Å². The van der Waals surface area contributed by atoms with E-state index in [4.69, 9.17) is 10.5 Å². The monoisotopic (exact) mass is 350 g/mol. The van der Waals surface area contributed by atoms with Crippen molar-refractivity contribution >= 4 is 5.69 Å². The van der Waals surface area contributed by atoms with E-state index in [1.54, 1.807) is 19.2 Å². The maximum Gasteiger partial charge on any atom is 0.141 e. The van der Waals surface area contributed by atoms with Crippen molar-refractivity contribution in [3.63, 3.8) is 0 Å². The molecule has 134 valence electrons. The number of hydrogen-bond donors (Lipinski definition) is 2. The van der Waals surface area contributed by atoms with Crippen LogP contribution in [0.1, 0.15) is 35.7 Å². The van der Waals surface area contributed by atoms with Crippen molar-refractivity contribution in [1.82, 2.24) is 5.32 Å². The predicted molar refractivity (Wildman–Crippen MR) is 104 cm³/mol. The molecule has 0 saturated carbocycles. The Morgan fingerprint density at radius 1 is 0.885 bits per heavy atom. The molecule has 26 heavy (non-hydrogen) atoms. The average Bonchev–Trinajstić information content (AvgIpc) is 2.67. The van der Waals surface area contributed by atoms with Crippen molar-refractivity contribution in [2.75, 3.05) is 12.8 Å². The van der Waals surface area contributed by atoms with Gasteiger partial charge in [-0.3, -0.25) is 5.32 Å². The molecule has 3 aromatic rings. The Kier molecular flexibility index (Phi) is 5.54. The first-order valence-corrected chi connectivity index (χ1v) is 8.58. The first-order valence-electron chi connectivity index (χ1n) is 8.58. The van der Waals surface area contributed by atoms with Crippen molar-refractivity contribution in [2.24, 2.45) is 0 Å². The third-order valence-electron chi connectivity index (χ3n) is 4.51. The van der Waals surface area contributed by atoms with E-state index in [0.717, 1.165) is 11.1 Å². The van der Waals surface area contributed by atoms with Crippen LogP contribution >= 0.6 is 0 Å². The normalized spacial score (nSPS) is 13.2. The van der Waals surface area contributed by atoms with E-state index in [9.17, 15) is 4.39 Å². The largest absolute Gasteiger partial charge is 0.495 e. The fourth-order valence-corrected chi connectivity index (χ4v) is 3.06. The van der Waals surface area contributed by atoms with Crippen LogP contribution in [0.5, 0.6) is 5.75 Å². The van der Waals surface area contributed by atoms with Gasteiger partial charge in [0.1, 0.15) is 11.6 Å². The first-order chi connectivity index (χ1) is 12.6. The summed E-state index contributed by atoms with van der Waals surface area (Å²) in [4.78, 5) is 0. The zero-order valence-electron chi connectivity index (χ0n) is 14.9. The summed E-state index contributed by atoms with van der Waals surface area (Å²) < 4.78 is 18.6. The Morgan fingerprint density at radius 2 is 1.54 bits per heavy atom. The second-order valence-corrected chi connectivity index (χ2v) is 6.28. The summed E-state index contributed by atoms with van der Waals surface area (Å²) in [5.74, 6) is 0.389. The first kappa shape index (κ1) is 18.0. The molecule has 0 aliphatic carbocycles. The molecule has 1 unspecified atom stereocenters. The summed E-state index contributed by atoms with van der Waals surface area (Å²) >= 11 is 0. The van der Waals surface area contributed by atoms with E-state index in [0.29, 0.717) is 11.4 Å². The van der Waals surface area contributed by atoms with E-state index in [1.165, 1.54) is 17.7 Å². The fourth-order valence-electron chi connectivity index (χ4n) is 3.06. The standard InChI is InChI=1S/C22H23FN2O/c1-15(16-6-4-3-5-7-16)25-22(17-8-11-19(23)12-9-17)18-10-13-21(26-2)20(24)14-18/h3-15,22,25H,24H2,1-2H3/t15-,22?/m0/s1. The van der Waals surface area contributed by atoms with Gasteiger partial charge in [0.05, 0.1) is 18.8 Å². The van der Waals surface area contributed by atoms with Gasteiger partial charge in [0, 0.05) is 6.04 Å². The lowest BCUT2D eigenvalue weighted by atomic mass is 9.96. The van der Waals surface area contributed by atoms with Crippen LogP contribution in [0.3, 0.4) is 0 Å². The van der Waals surface area contributed by atoms with Gasteiger partial charge in [0.25, 0.3) is 0 Å². The second kappa shape index (κ2) is 8.02. The lowest BCUT2D eigenvalue weighted by molar-refractivity contribution is 0.416. The topological polar surface area (TPSA) is 47.3 Å². The van der Waals surface area contributed by atoms with Gasteiger partial charge in [-0.2, -0.15) is 0 Å². The van der Waals surface area contributed by atoms with Crippen LogP contribution in [-0.4, -0.2) is 7.11 Å². The van der Waals surface area contributed by atoms with E-state index in [2.05, 4.69) is 24.4 Å². The molecule has 3 N–H and O–H groups in total. The molecule has 0 radical (unpaired) electrons. The minimum atomic E-state index is -0.252. The summed E-state index contributed by atoms with van der Waals surface area (Å²) in [6.07, 6.45) is 0. The molecule has 0 aliphatic rings. The SMILES string of the molecule is COc1ccc(C(N[C@@H](C)c2ccccc2)c2ccc(F)cc2)cc1N. The Morgan fingerprint density at radius 3 is 2.15 bits per heavy atom. The van der Waals surface area contributed by atoms with Crippen molar-refractivity contribution < 1.29 is 9.13 Å². The van der Waals surface area contributed by atoms with Crippen molar-refractivity contribution in [2.45, 2.75) is 19.0 Å². The van der Waals surface area contributed by atoms with Crippen LogP contribution in [0.15, 0.2) is 72.8 Å². The second-order valence-electron chi connectivity index (χ2n) is 6.28. The Balaban J connectivity index is 1.96. The summed E-state index contributed by atoms with van der Waals surface area (Å²) in [5, 5.41) is 3.63. The van der Waals surface area contributed by atoms with Gasteiger partial charge in [-0.25, -0.2) is 4.39 Å². The number of halogens is 1. The number of rotatable bonds is 6. The quantitative estimate of drug-likeness (QED) is 0.624. The molecule has 0 aromatic heterocycles. The number of nitrogens with one attached hydrogen (secondary N) is 1. The molecule has 4 heteroatoms. The molecular weight excluding hydrogens is 327 g/mol. The van der Waals surface area contributed by atoms with Crippen molar-refractivity contribution in [3.05, 3.63) is 95.3 Å². The van der Waals surface area contributed by atoms with Crippen LogP contribution in [-0.2, 0) is 0 Å². The van der Waals surface area contributed by atoms with Crippen LogP contribution in [0.4, 0.5) is 10.1 Å². The summed E-state index contributed by atoms with van der Waals surface area (Å²) in [6, 6.07) is 22.5.